The smallest absolute Gasteiger partial charge is 0.271 e. The molecule has 2 heterocycles. The summed E-state index contributed by atoms with van der Waals surface area (Å²) < 4.78 is 0. The van der Waals surface area contributed by atoms with Gasteiger partial charge in [0.15, 0.2) is 0 Å². The Kier molecular flexibility index (Phi) is 6.20. The van der Waals surface area contributed by atoms with Crippen LogP contribution in [0.15, 0.2) is 48.5 Å². The quantitative estimate of drug-likeness (QED) is 0.536. The monoisotopic (exact) mass is 442 g/mol. The molecule has 1 atom stereocenters. The zero-order valence-corrected chi connectivity index (χ0v) is 17.7. The van der Waals surface area contributed by atoms with E-state index in [4.69, 9.17) is 11.6 Å². The average Bonchev–Trinajstić information content (AvgIpc) is 2.99. The van der Waals surface area contributed by atoms with Gasteiger partial charge < -0.3 is 9.80 Å². The first kappa shape index (κ1) is 21.3. The van der Waals surface area contributed by atoms with E-state index in [1.54, 1.807) is 46.2 Å². The first-order valence-corrected chi connectivity index (χ1v) is 10.7. The van der Waals surface area contributed by atoms with Gasteiger partial charge in [0.05, 0.1) is 27.2 Å². The van der Waals surface area contributed by atoms with Crippen molar-refractivity contribution in [2.24, 2.45) is 0 Å². The molecular weight excluding hydrogens is 420 g/mol. The van der Waals surface area contributed by atoms with Crippen molar-refractivity contribution in [3.63, 3.8) is 0 Å². The molecule has 0 N–H and O–H groups in total. The van der Waals surface area contributed by atoms with Gasteiger partial charge in [-0.3, -0.25) is 24.6 Å². The number of halogens is 1. The van der Waals surface area contributed by atoms with Crippen LogP contribution in [0.2, 0.25) is 5.02 Å². The Labute approximate surface area is 185 Å². The van der Waals surface area contributed by atoms with Crippen LogP contribution >= 0.6 is 11.6 Å². The lowest BCUT2D eigenvalue weighted by Gasteiger charge is -2.26. The van der Waals surface area contributed by atoms with E-state index in [2.05, 4.69) is 4.90 Å². The van der Waals surface area contributed by atoms with Crippen molar-refractivity contribution in [2.75, 3.05) is 37.6 Å². The Balaban J connectivity index is 1.42. The van der Waals surface area contributed by atoms with E-state index in [0.29, 0.717) is 55.4 Å². The van der Waals surface area contributed by atoms with Crippen molar-refractivity contribution in [3.8, 4) is 0 Å². The third kappa shape index (κ3) is 4.40. The second kappa shape index (κ2) is 9.03. The summed E-state index contributed by atoms with van der Waals surface area (Å²) in [5.74, 6) is -0.144. The van der Waals surface area contributed by atoms with Crippen LogP contribution in [0.4, 0.5) is 11.4 Å². The fraction of sp³-hybridized carbons (Fsp3) is 0.364. The lowest BCUT2D eigenvalue weighted by atomic mass is 10.2. The summed E-state index contributed by atoms with van der Waals surface area (Å²) in [5.41, 5.74) is 1.01. The van der Waals surface area contributed by atoms with Crippen LogP contribution in [0, 0.1) is 10.1 Å². The second-order valence-corrected chi connectivity index (χ2v) is 8.14. The third-order valence-electron chi connectivity index (χ3n) is 5.89. The van der Waals surface area contributed by atoms with E-state index in [-0.39, 0.29) is 23.5 Å². The number of non-ortho nitro benzene ring substituents is 1. The summed E-state index contributed by atoms with van der Waals surface area (Å²) in [4.78, 5) is 42.1. The topological polar surface area (TPSA) is 87.0 Å². The third-order valence-corrected chi connectivity index (χ3v) is 6.22. The van der Waals surface area contributed by atoms with Gasteiger partial charge in [-0.1, -0.05) is 29.8 Å². The van der Waals surface area contributed by atoms with E-state index in [9.17, 15) is 19.7 Å². The SMILES string of the molecule is O=C(c1ccccc1Cl)N1CCCN(C2CCN(c3cccc([N+](=O)[O-])c3)C2=O)CC1. The highest BCUT2D eigenvalue weighted by molar-refractivity contribution is 6.33. The maximum atomic E-state index is 13.1. The van der Waals surface area contributed by atoms with Crippen molar-refractivity contribution in [1.29, 1.82) is 0 Å². The standard InChI is InChI=1S/C22H23ClN4O4/c23-19-8-2-1-7-18(19)21(28)25-11-4-10-24(13-14-25)20-9-12-26(22(20)29)16-5-3-6-17(15-16)27(30)31/h1-3,5-8,15,20H,4,9-14H2. The summed E-state index contributed by atoms with van der Waals surface area (Å²) in [7, 11) is 0. The lowest BCUT2D eigenvalue weighted by Crippen LogP contribution is -2.44. The molecule has 2 aliphatic rings. The Morgan fingerprint density at radius 3 is 2.61 bits per heavy atom. The molecule has 2 amide bonds. The van der Waals surface area contributed by atoms with E-state index in [1.807, 2.05) is 0 Å². The summed E-state index contributed by atoms with van der Waals surface area (Å²) in [6.07, 6.45) is 1.41. The number of rotatable bonds is 4. The van der Waals surface area contributed by atoms with Crippen LogP contribution in [-0.4, -0.2) is 65.3 Å². The van der Waals surface area contributed by atoms with Gasteiger partial charge in [-0.2, -0.15) is 0 Å². The van der Waals surface area contributed by atoms with Crippen LogP contribution in [0.5, 0.6) is 0 Å². The molecule has 2 aromatic rings. The van der Waals surface area contributed by atoms with Crippen molar-refractivity contribution in [3.05, 3.63) is 69.2 Å². The van der Waals surface area contributed by atoms with Gasteiger partial charge in [0.25, 0.3) is 11.6 Å². The molecule has 0 radical (unpaired) electrons. The number of hydrogen-bond acceptors (Lipinski definition) is 5. The molecule has 0 aromatic heterocycles. The van der Waals surface area contributed by atoms with Gasteiger partial charge in [0.1, 0.15) is 0 Å². The number of nitro groups is 1. The summed E-state index contributed by atoms with van der Waals surface area (Å²) >= 11 is 6.19. The molecule has 2 aromatic carbocycles. The Morgan fingerprint density at radius 2 is 1.84 bits per heavy atom. The molecule has 0 aliphatic carbocycles. The number of benzene rings is 2. The van der Waals surface area contributed by atoms with Crippen molar-refractivity contribution >= 4 is 34.8 Å². The highest BCUT2D eigenvalue weighted by Gasteiger charge is 2.38. The predicted molar refractivity (Wildman–Crippen MR) is 117 cm³/mol. The molecular formula is C22H23ClN4O4. The lowest BCUT2D eigenvalue weighted by molar-refractivity contribution is -0.384. The normalized spacial score (nSPS) is 20.0. The van der Waals surface area contributed by atoms with Crippen LogP contribution in [-0.2, 0) is 4.79 Å². The van der Waals surface area contributed by atoms with Gasteiger partial charge in [-0.25, -0.2) is 0 Å². The largest absolute Gasteiger partial charge is 0.337 e. The average molecular weight is 443 g/mol. The van der Waals surface area contributed by atoms with Gasteiger partial charge in [-0.15, -0.1) is 0 Å². The minimum Gasteiger partial charge on any atom is -0.337 e. The van der Waals surface area contributed by atoms with E-state index in [0.717, 1.165) is 6.42 Å². The number of carbonyl (C=O) groups is 2. The van der Waals surface area contributed by atoms with E-state index < -0.39 is 4.92 Å². The van der Waals surface area contributed by atoms with Crippen molar-refractivity contribution in [2.45, 2.75) is 18.9 Å². The van der Waals surface area contributed by atoms with E-state index in [1.165, 1.54) is 12.1 Å². The number of nitro benzene ring substituents is 1. The number of carbonyl (C=O) groups excluding carboxylic acids is 2. The molecule has 31 heavy (non-hydrogen) atoms. The number of amides is 2. The first-order valence-electron chi connectivity index (χ1n) is 10.3. The number of nitrogens with zero attached hydrogens (tertiary/aromatic N) is 4. The Hall–Kier alpha value is -2.97. The first-order chi connectivity index (χ1) is 15.0. The van der Waals surface area contributed by atoms with Crippen LogP contribution in [0.3, 0.4) is 0 Å². The van der Waals surface area contributed by atoms with Gasteiger partial charge in [0, 0.05) is 44.9 Å². The number of hydrogen-bond donors (Lipinski definition) is 0. The molecule has 8 nitrogen and oxygen atoms in total. The molecule has 0 spiro atoms. The summed E-state index contributed by atoms with van der Waals surface area (Å²) in [6.45, 7) is 2.95. The molecule has 2 fully saturated rings. The molecule has 4 rings (SSSR count). The van der Waals surface area contributed by atoms with Gasteiger partial charge in [-0.05, 0) is 31.0 Å². The highest BCUT2D eigenvalue weighted by Crippen LogP contribution is 2.28. The highest BCUT2D eigenvalue weighted by atomic mass is 35.5. The maximum absolute atomic E-state index is 13.1. The predicted octanol–water partition coefficient (Wildman–Crippen LogP) is 3.20. The van der Waals surface area contributed by atoms with Crippen LogP contribution < -0.4 is 4.90 Å². The van der Waals surface area contributed by atoms with Crippen LogP contribution in [0.25, 0.3) is 0 Å². The zero-order valence-electron chi connectivity index (χ0n) is 16.9. The molecule has 2 aliphatic heterocycles. The van der Waals surface area contributed by atoms with Crippen molar-refractivity contribution < 1.29 is 14.5 Å². The zero-order chi connectivity index (χ0) is 22.0. The van der Waals surface area contributed by atoms with Gasteiger partial charge >= 0.3 is 0 Å². The molecule has 0 bridgehead atoms. The fourth-order valence-electron chi connectivity index (χ4n) is 4.29. The molecule has 162 valence electrons. The van der Waals surface area contributed by atoms with E-state index >= 15 is 0 Å². The molecule has 0 saturated carbocycles. The van der Waals surface area contributed by atoms with Crippen LogP contribution in [0.1, 0.15) is 23.2 Å². The van der Waals surface area contributed by atoms with Gasteiger partial charge in [0.2, 0.25) is 5.91 Å². The minimum atomic E-state index is -0.457. The summed E-state index contributed by atoms with van der Waals surface area (Å²) in [5, 5.41) is 11.5. The molecule has 1 unspecified atom stereocenters. The Bertz CT molecular complexity index is 1010. The second-order valence-electron chi connectivity index (χ2n) is 7.73. The summed E-state index contributed by atoms with van der Waals surface area (Å²) in [6, 6.07) is 12.9. The number of anilines is 1. The minimum absolute atomic E-state index is 0.0303. The fourth-order valence-corrected chi connectivity index (χ4v) is 4.51. The molecule has 9 heteroatoms. The van der Waals surface area contributed by atoms with Crippen molar-refractivity contribution in [1.82, 2.24) is 9.80 Å². The Morgan fingerprint density at radius 1 is 1.03 bits per heavy atom. The molecule has 2 saturated heterocycles. The maximum Gasteiger partial charge on any atom is 0.271 e.